The van der Waals surface area contributed by atoms with Crippen LogP contribution in [0.4, 0.5) is 0 Å². The van der Waals surface area contributed by atoms with E-state index in [0.717, 1.165) is 30.5 Å². The molecule has 2 aliphatic heterocycles. The predicted molar refractivity (Wildman–Crippen MR) is 77.2 cm³/mol. The van der Waals surface area contributed by atoms with Crippen LogP contribution in [0.15, 0.2) is 0 Å². The molecule has 2 N–H and O–H groups in total. The van der Waals surface area contributed by atoms with Gasteiger partial charge in [-0.1, -0.05) is 0 Å². The predicted octanol–water partition coefficient (Wildman–Crippen LogP) is 1.73. The number of carbonyl (C=O) groups excluding carboxylic acids is 1. The van der Waals surface area contributed by atoms with Crippen LogP contribution in [-0.2, 0) is 15.9 Å². The Bertz CT molecular complexity index is 534. The number of H-pyrrole nitrogens is 1. The van der Waals surface area contributed by atoms with Gasteiger partial charge in [0.1, 0.15) is 0 Å². The van der Waals surface area contributed by atoms with Crippen LogP contribution in [0.25, 0.3) is 0 Å². The Hall–Kier alpha value is -1.40. The molecule has 0 radical (unpaired) electrons. The lowest BCUT2D eigenvalue weighted by molar-refractivity contribution is -0.00699. The number of ether oxygens (including phenoxy) is 2. The number of hydrogen-bond acceptors (Lipinski definition) is 4. The SMILES string of the molecule is C[C@@H]1Cc2c(C(=O)NC3(C)CCOCC3)n[nH]c2[C@H](C)O1. The number of aromatic nitrogens is 2. The van der Waals surface area contributed by atoms with Gasteiger partial charge in [0, 0.05) is 30.7 Å². The molecule has 0 saturated carbocycles. The van der Waals surface area contributed by atoms with E-state index in [0.29, 0.717) is 18.9 Å². The first kappa shape index (κ1) is 14.5. The fraction of sp³-hybridized carbons (Fsp3) is 0.733. The Balaban J connectivity index is 1.79. The number of aromatic amines is 1. The molecule has 1 amide bonds. The molecule has 2 aliphatic rings. The van der Waals surface area contributed by atoms with Crippen molar-refractivity contribution in [2.45, 2.75) is 57.8 Å². The zero-order chi connectivity index (χ0) is 15.0. The minimum absolute atomic E-state index is 0.0449. The molecule has 3 heterocycles. The van der Waals surface area contributed by atoms with E-state index in [9.17, 15) is 4.79 Å². The molecule has 1 saturated heterocycles. The van der Waals surface area contributed by atoms with Crippen LogP contribution in [0.3, 0.4) is 0 Å². The average molecular weight is 293 g/mol. The first-order chi connectivity index (χ1) is 9.98. The molecule has 0 aliphatic carbocycles. The van der Waals surface area contributed by atoms with Gasteiger partial charge in [0.2, 0.25) is 0 Å². The van der Waals surface area contributed by atoms with E-state index < -0.39 is 0 Å². The summed E-state index contributed by atoms with van der Waals surface area (Å²) in [5.74, 6) is -0.0989. The Kier molecular flexibility index (Phi) is 3.75. The van der Waals surface area contributed by atoms with E-state index >= 15 is 0 Å². The van der Waals surface area contributed by atoms with Gasteiger partial charge in [0.05, 0.1) is 17.9 Å². The second kappa shape index (κ2) is 5.42. The minimum atomic E-state index is -0.205. The highest BCUT2D eigenvalue weighted by Crippen LogP contribution is 2.30. The highest BCUT2D eigenvalue weighted by atomic mass is 16.5. The molecule has 0 bridgehead atoms. The molecule has 1 fully saturated rings. The lowest BCUT2D eigenvalue weighted by Gasteiger charge is -2.34. The van der Waals surface area contributed by atoms with Crippen molar-refractivity contribution < 1.29 is 14.3 Å². The molecular formula is C15H23N3O3. The Morgan fingerprint density at radius 1 is 1.38 bits per heavy atom. The number of fused-ring (bicyclic) bond motifs is 1. The van der Waals surface area contributed by atoms with Gasteiger partial charge in [-0.3, -0.25) is 9.89 Å². The normalized spacial score (nSPS) is 28.0. The Morgan fingerprint density at radius 3 is 2.81 bits per heavy atom. The summed E-state index contributed by atoms with van der Waals surface area (Å²) in [5.41, 5.74) is 2.23. The number of rotatable bonds is 2. The molecule has 0 aromatic carbocycles. The van der Waals surface area contributed by atoms with Gasteiger partial charge >= 0.3 is 0 Å². The summed E-state index contributed by atoms with van der Waals surface area (Å²) >= 11 is 0. The Morgan fingerprint density at radius 2 is 2.10 bits per heavy atom. The summed E-state index contributed by atoms with van der Waals surface area (Å²) in [5, 5.41) is 10.3. The number of hydrogen-bond donors (Lipinski definition) is 2. The van der Waals surface area contributed by atoms with Crippen molar-refractivity contribution in [3.63, 3.8) is 0 Å². The number of nitrogens with one attached hydrogen (secondary N) is 2. The van der Waals surface area contributed by atoms with Crippen LogP contribution in [0, 0.1) is 0 Å². The maximum Gasteiger partial charge on any atom is 0.272 e. The third-order valence-corrected chi connectivity index (χ3v) is 4.46. The quantitative estimate of drug-likeness (QED) is 0.870. The molecular weight excluding hydrogens is 270 g/mol. The fourth-order valence-electron chi connectivity index (χ4n) is 3.14. The molecule has 116 valence electrons. The van der Waals surface area contributed by atoms with Crippen LogP contribution in [0.1, 0.15) is 61.5 Å². The van der Waals surface area contributed by atoms with Gasteiger partial charge in [-0.05, 0) is 33.6 Å². The van der Waals surface area contributed by atoms with Crippen LogP contribution in [-0.4, -0.2) is 41.0 Å². The van der Waals surface area contributed by atoms with Gasteiger partial charge in [-0.15, -0.1) is 0 Å². The molecule has 0 spiro atoms. The third kappa shape index (κ3) is 2.82. The number of amides is 1. The smallest absolute Gasteiger partial charge is 0.272 e. The topological polar surface area (TPSA) is 76.2 Å². The summed E-state index contributed by atoms with van der Waals surface area (Å²) < 4.78 is 11.1. The van der Waals surface area contributed by atoms with E-state index in [1.54, 1.807) is 0 Å². The van der Waals surface area contributed by atoms with Crippen molar-refractivity contribution in [1.82, 2.24) is 15.5 Å². The van der Waals surface area contributed by atoms with Gasteiger partial charge < -0.3 is 14.8 Å². The lowest BCUT2D eigenvalue weighted by Crippen LogP contribution is -2.49. The van der Waals surface area contributed by atoms with Crippen molar-refractivity contribution in [3.05, 3.63) is 17.0 Å². The molecule has 6 heteroatoms. The highest BCUT2D eigenvalue weighted by molar-refractivity contribution is 5.94. The summed E-state index contributed by atoms with van der Waals surface area (Å²) in [7, 11) is 0. The van der Waals surface area contributed by atoms with Crippen LogP contribution < -0.4 is 5.32 Å². The van der Waals surface area contributed by atoms with E-state index in [4.69, 9.17) is 9.47 Å². The first-order valence-electron chi connectivity index (χ1n) is 7.61. The van der Waals surface area contributed by atoms with Crippen molar-refractivity contribution in [1.29, 1.82) is 0 Å². The maximum atomic E-state index is 12.6. The van der Waals surface area contributed by atoms with Crippen LogP contribution >= 0.6 is 0 Å². The summed E-state index contributed by atoms with van der Waals surface area (Å²) in [4.78, 5) is 12.6. The molecule has 6 nitrogen and oxygen atoms in total. The summed E-state index contributed by atoms with van der Waals surface area (Å²) in [6.45, 7) is 7.46. The molecule has 21 heavy (non-hydrogen) atoms. The van der Waals surface area contributed by atoms with Crippen molar-refractivity contribution >= 4 is 5.91 Å². The van der Waals surface area contributed by atoms with Gasteiger partial charge in [-0.25, -0.2) is 0 Å². The second-order valence-corrected chi connectivity index (χ2v) is 6.38. The molecule has 0 unspecified atom stereocenters. The average Bonchev–Trinajstić information content (AvgIpc) is 2.83. The lowest BCUT2D eigenvalue weighted by atomic mass is 9.92. The monoisotopic (exact) mass is 293 g/mol. The third-order valence-electron chi connectivity index (χ3n) is 4.46. The van der Waals surface area contributed by atoms with E-state index in [1.807, 2.05) is 13.8 Å². The Labute approximate surface area is 124 Å². The van der Waals surface area contributed by atoms with E-state index in [-0.39, 0.29) is 23.7 Å². The second-order valence-electron chi connectivity index (χ2n) is 6.38. The minimum Gasteiger partial charge on any atom is -0.381 e. The van der Waals surface area contributed by atoms with E-state index in [1.165, 1.54) is 0 Å². The van der Waals surface area contributed by atoms with Gasteiger partial charge in [0.25, 0.3) is 5.91 Å². The maximum absolute atomic E-state index is 12.6. The molecule has 1 aromatic rings. The number of carbonyl (C=O) groups is 1. The first-order valence-corrected chi connectivity index (χ1v) is 7.61. The standard InChI is InChI=1S/C15H23N3O3/c1-9-8-11-12(10(2)21-9)17-18-13(11)14(19)16-15(3)4-6-20-7-5-15/h9-10H,4-8H2,1-3H3,(H,16,19)(H,17,18)/t9-,10+/m1/s1. The van der Waals surface area contributed by atoms with Gasteiger partial charge in [-0.2, -0.15) is 5.10 Å². The zero-order valence-electron chi connectivity index (χ0n) is 12.9. The van der Waals surface area contributed by atoms with Crippen LogP contribution in [0.2, 0.25) is 0 Å². The van der Waals surface area contributed by atoms with Gasteiger partial charge in [0.15, 0.2) is 5.69 Å². The summed E-state index contributed by atoms with van der Waals surface area (Å²) in [6, 6.07) is 0. The van der Waals surface area contributed by atoms with Crippen molar-refractivity contribution in [2.24, 2.45) is 0 Å². The van der Waals surface area contributed by atoms with Crippen molar-refractivity contribution in [3.8, 4) is 0 Å². The molecule has 3 rings (SSSR count). The number of nitrogens with zero attached hydrogens (tertiary/aromatic N) is 1. The van der Waals surface area contributed by atoms with Crippen molar-refractivity contribution in [2.75, 3.05) is 13.2 Å². The fourth-order valence-corrected chi connectivity index (χ4v) is 3.14. The highest BCUT2D eigenvalue weighted by Gasteiger charge is 2.33. The zero-order valence-corrected chi connectivity index (χ0v) is 12.9. The molecule has 1 aromatic heterocycles. The van der Waals surface area contributed by atoms with Crippen LogP contribution in [0.5, 0.6) is 0 Å². The molecule has 2 atom stereocenters. The van der Waals surface area contributed by atoms with E-state index in [2.05, 4.69) is 22.4 Å². The largest absolute Gasteiger partial charge is 0.381 e. The summed E-state index contributed by atoms with van der Waals surface area (Å²) in [6.07, 6.45) is 2.45.